The largest absolute Gasteiger partial charge is 0.395 e. The average molecular weight is 358 g/mol. The molecule has 1 N–H and O–H groups in total. The van der Waals surface area contributed by atoms with Crippen molar-refractivity contribution in [3.05, 3.63) is 46.4 Å². The number of aliphatic hydroxyl groups is 1. The number of alkyl halides is 2. The van der Waals surface area contributed by atoms with Crippen LogP contribution in [0.3, 0.4) is 0 Å². The summed E-state index contributed by atoms with van der Waals surface area (Å²) in [6.45, 7) is -1.14. The molecule has 0 radical (unpaired) electrons. The second-order valence-corrected chi connectivity index (χ2v) is 5.49. The smallest absolute Gasteiger partial charge is 0.255 e. The number of hydrogen-bond acceptors (Lipinski definition) is 2. The van der Waals surface area contributed by atoms with Crippen LogP contribution < -0.4 is 0 Å². The molecule has 0 aliphatic rings. The number of nitrogens with zero attached hydrogens (tertiary/aromatic N) is 1. The van der Waals surface area contributed by atoms with Crippen molar-refractivity contribution in [1.29, 1.82) is 0 Å². The molecule has 6 heteroatoms. The van der Waals surface area contributed by atoms with Crippen LogP contribution in [-0.2, 0) is 0 Å². The monoisotopic (exact) mass is 357 g/mol. The summed E-state index contributed by atoms with van der Waals surface area (Å²) in [6.07, 6.45) is -2.63. The van der Waals surface area contributed by atoms with E-state index in [1.165, 1.54) is 0 Å². The fourth-order valence-corrected chi connectivity index (χ4v) is 2.47. The van der Waals surface area contributed by atoms with Gasteiger partial charge in [-0.2, -0.15) is 0 Å². The Kier molecular flexibility index (Phi) is 5.25. The van der Waals surface area contributed by atoms with E-state index in [9.17, 15) is 13.6 Å². The minimum atomic E-state index is -2.63. The highest BCUT2D eigenvalue weighted by Crippen LogP contribution is 2.21. The number of halogens is 3. The van der Waals surface area contributed by atoms with Gasteiger partial charge in [0, 0.05) is 16.6 Å². The predicted octanol–water partition coefficient (Wildman–Crippen LogP) is 3.30. The van der Waals surface area contributed by atoms with Gasteiger partial charge in [0.15, 0.2) is 0 Å². The molecule has 1 amide bonds. The number of rotatable bonds is 5. The van der Waals surface area contributed by atoms with E-state index in [-0.39, 0.29) is 13.2 Å². The molecule has 0 atom stereocenters. The molecule has 2 aromatic carbocycles. The lowest BCUT2D eigenvalue weighted by atomic mass is 10.1. The van der Waals surface area contributed by atoms with E-state index in [1.54, 1.807) is 18.2 Å². The molecule has 0 heterocycles. The van der Waals surface area contributed by atoms with Crippen LogP contribution in [0.25, 0.3) is 10.8 Å². The van der Waals surface area contributed by atoms with Gasteiger partial charge in [-0.3, -0.25) is 4.79 Å². The SMILES string of the molecule is O=C(c1ccc2cc(Br)ccc2c1)N(CCO)CC(F)F. The third-order valence-electron chi connectivity index (χ3n) is 3.06. The summed E-state index contributed by atoms with van der Waals surface area (Å²) in [7, 11) is 0. The zero-order valence-corrected chi connectivity index (χ0v) is 12.7. The van der Waals surface area contributed by atoms with Crippen LogP contribution >= 0.6 is 15.9 Å². The number of aliphatic hydroxyl groups excluding tert-OH is 1. The number of amides is 1. The predicted molar refractivity (Wildman–Crippen MR) is 80.6 cm³/mol. The van der Waals surface area contributed by atoms with Crippen molar-refractivity contribution in [3.8, 4) is 0 Å². The van der Waals surface area contributed by atoms with Gasteiger partial charge in [0.05, 0.1) is 13.2 Å². The van der Waals surface area contributed by atoms with Crippen molar-refractivity contribution in [3.63, 3.8) is 0 Å². The highest BCUT2D eigenvalue weighted by atomic mass is 79.9. The fourth-order valence-electron chi connectivity index (χ4n) is 2.10. The Bertz CT molecular complexity index is 649. The molecular weight excluding hydrogens is 344 g/mol. The van der Waals surface area contributed by atoms with Gasteiger partial charge >= 0.3 is 0 Å². The maximum atomic E-state index is 12.5. The van der Waals surface area contributed by atoms with E-state index < -0.39 is 18.9 Å². The number of carbonyl (C=O) groups is 1. The molecule has 0 aliphatic heterocycles. The molecule has 0 unspecified atom stereocenters. The average Bonchev–Trinajstić information content (AvgIpc) is 2.45. The minimum Gasteiger partial charge on any atom is -0.395 e. The van der Waals surface area contributed by atoms with Crippen LogP contribution in [0.2, 0.25) is 0 Å². The molecule has 0 saturated carbocycles. The number of fused-ring (bicyclic) bond motifs is 1. The first-order valence-electron chi connectivity index (χ1n) is 6.39. The number of hydrogen-bond donors (Lipinski definition) is 1. The molecular formula is C15H14BrF2NO2. The van der Waals surface area contributed by atoms with Gasteiger partial charge in [-0.25, -0.2) is 8.78 Å². The van der Waals surface area contributed by atoms with Crippen LogP contribution in [0.1, 0.15) is 10.4 Å². The second kappa shape index (κ2) is 6.95. The minimum absolute atomic E-state index is 0.110. The molecule has 2 rings (SSSR count). The first-order chi connectivity index (χ1) is 10.0. The summed E-state index contributed by atoms with van der Waals surface area (Å²) in [6, 6.07) is 10.6. The maximum absolute atomic E-state index is 12.5. The van der Waals surface area contributed by atoms with Crippen LogP contribution in [0.15, 0.2) is 40.9 Å². The summed E-state index contributed by atoms with van der Waals surface area (Å²) >= 11 is 3.36. The molecule has 2 aromatic rings. The zero-order chi connectivity index (χ0) is 15.4. The van der Waals surface area contributed by atoms with Crippen molar-refractivity contribution in [2.24, 2.45) is 0 Å². The van der Waals surface area contributed by atoms with E-state index in [2.05, 4.69) is 15.9 Å². The van der Waals surface area contributed by atoms with Gasteiger partial charge < -0.3 is 10.0 Å². The Balaban J connectivity index is 2.30. The Morgan fingerprint density at radius 2 is 1.86 bits per heavy atom. The molecule has 0 bridgehead atoms. The number of benzene rings is 2. The maximum Gasteiger partial charge on any atom is 0.255 e. The van der Waals surface area contributed by atoms with E-state index in [1.807, 2.05) is 18.2 Å². The summed E-state index contributed by atoms with van der Waals surface area (Å²) in [5.41, 5.74) is 0.332. The van der Waals surface area contributed by atoms with Gasteiger partial charge in [-0.1, -0.05) is 28.1 Å². The quantitative estimate of drug-likeness (QED) is 0.891. The Hall–Kier alpha value is -1.53. The lowest BCUT2D eigenvalue weighted by Crippen LogP contribution is -2.37. The van der Waals surface area contributed by atoms with Crippen molar-refractivity contribution in [1.82, 2.24) is 4.90 Å². The van der Waals surface area contributed by atoms with Crippen molar-refractivity contribution in [2.45, 2.75) is 6.43 Å². The van der Waals surface area contributed by atoms with E-state index in [0.717, 1.165) is 20.1 Å². The van der Waals surface area contributed by atoms with Crippen molar-refractivity contribution >= 4 is 32.6 Å². The fraction of sp³-hybridized carbons (Fsp3) is 0.267. The molecule has 21 heavy (non-hydrogen) atoms. The van der Waals surface area contributed by atoms with E-state index in [0.29, 0.717) is 5.56 Å². The Morgan fingerprint density at radius 1 is 1.19 bits per heavy atom. The lowest BCUT2D eigenvalue weighted by molar-refractivity contribution is 0.0509. The molecule has 0 aromatic heterocycles. The molecule has 0 aliphatic carbocycles. The van der Waals surface area contributed by atoms with Gasteiger partial charge in [-0.15, -0.1) is 0 Å². The standard InChI is InChI=1S/C15H14BrF2NO2/c16-13-4-3-10-7-12(2-1-11(10)8-13)15(21)19(5-6-20)9-14(17)18/h1-4,7-8,14,20H,5-6,9H2. The van der Waals surface area contributed by atoms with Gasteiger partial charge in [-0.05, 0) is 35.0 Å². The highest BCUT2D eigenvalue weighted by Gasteiger charge is 2.19. The van der Waals surface area contributed by atoms with Crippen LogP contribution in [0.4, 0.5) is 8.78 Å². The molecule has 112 valence electrons. The van der Waals surface area contributed by atoms with Crippen molar-refractivity contribution < 1.29 is 18.7 Å². The summed E-state index contributed by atoms with van der Waals surface area (Å²) in [5.74, 6) is -0.505. The highest BCUT2D eigenvalue weighted by molar-refractivity contribution is 9.10. The summed E-state index contributed by atoms with van der Waals surface area (Å²) < 4.78 is 25.9. The lowest BCUT2D eigenvalue weighted by Gasteiger charge is -2.21. The third kappa shape index (κ3) is 3.98. The summed E-state index contributed by atoms with van der Waals surface area (Å²) in [4.78, 5) is 13.2. The normalized spacial score (nSPS) is 11.1. The van der Waals surface area contributed by atoms with Gasteiger partial charge in [0.2, 0.25) is 0 Å². The van der Waals surface area contributed by atoms with Gasteiger partial charge in [0.1, 0.15) is 0 Å². The van der Waals surface area contributed by atoms with Gasteiger partial charge in [0.25, 0.3) is 12.3 Å². The molecule has 0 saturated heterocycles. The first-order valence-corrected chi connectivity index (χ1v) is 7.18. The van der Waals surface area contributed by atoms with Crippen LogP contribution in [0, 0.1) is 0 Å². The van der Waals surface area contributed by atoms with Crippen LogP contribution in [-0.4, -0.2) is 42.0 Å². The molecule has 3 nitrogen and oxygen atoms in total. The zero-order valence-electron chi connectivity index (χ0n) is 11.1. The first kappa shape index (κ1) is 15.9. The van der Waals surface area contributed by atoms with E-state index >= 15 is 0 Å². The van der Waals surface area contributed by atoms with Crippen molar-refractivity contribution in [2.75, 3.05) is 19.7 Å². The Labute approximate surface area is 129 Å². The number of carbonyl (C=O) groups excluding carboxylic acids is 1. The summed E-state index contributed by atoms with van der Waals surface area (Å²) in [5, 5.41) is 10.7. The van der Waals surface area contributed by atoms with E-state index in [4.69, 9.17) is 5.11 Å². The molecule has 0 spiro atoms. The topological polar surface area (TPSA) is 40.5 Å². The molecule has 0 fully saturated rings. The third-order valence-corrected chi connectivity index (χ3v) is 3.56. The Morgan fingerprint density at radius 3 is 2.52 bits per heavy atom. The second-order valence-electron chi connectivity index (χ2n) is 4.57. The van der Waals surface area contributed by atoms with Crippen LogP contribution in [0.5, 0.6) is 0 Å².